The monoisotopic (exact) mass is 782 g/mol. The molecule has 0 amide bonds. The van der Waals surface area contributed by atoms with Crippen molar-refractivity contribution in [3.05, 3.63) is 79.4 Å². The summed E-state index contributed by atoms with van der Waals surface area (Å²) in [4.78, 5) is 2.68. The van der Waals surface area contributed by atoms with E-state index in [0.717, 1.165) is 32.8 Å². The van der Waals surface area contributed by atoms with Crippen LogP contribution in [0.15, 0.2) is 68.2 Å². The van der Waals surface area contributed by atoms with Crippen LogP contribution in [0.3, 0.4) is 0 Å². The fourth-order valence-electron chi connectivity index (χ4n) is 7.45. The van der Waals surface area contributed by atoms with Crippen molar-refractivity contribution in [1.29, 1.82) is 0 Å². The summed E-state index contributed by atoms with van der Waals surface area (Å²) < 4.78 is 13.8. The Labute approximate surface area is 301 Å². The van der Waals surface area contributed by atoms with E-state index in [-0.39, 0.29) is 10.8 Å². The van der Waals surface area contributed by atoms with Gasteiger partial charge in [0.2, 0.25) is 0 Å². The van der Waals surface area contributed by atoms with Crippen molar-refractivity contribution < 1.29 is 9.47 Å². The van der Waals surface area contributed by atoms with Crippen molar-refractivity contribution in [2.45, 2.75) is 96.3 Å². The van der Waals surface area contributed by atoms with Gasteiger partial charge >= 0.3 is 0 Å². The van der Waals surface area contributed by atoms with Gasteiger partial charge < -0.3 is 9.47 Å². The Bertz CT molecular complexity index is 1490. The third-order valence-electron chi connectivity index (χ3n) is 10.0. The van der Waals surface area contributed by atoms with Gasteiger partial charge in [-0.3, -0.25) is 0 Å². The zero-order valence-electron chi connectivity index (χ0n) is 27.5. The molecular weight excluding hydrogens is 736 g/mol. The highest BCUT2D eigenvalue weighted by atomic mass is 79.9. The lowest BCUT2D eigenvalue weighted by Crippen LogP contribution is -2.43. The average molecular weight is 785 g/mol. The van der Waals surface area contributed by atoms with Crippen LogP contribution in [0.4, 0.5) is 0 Å². The summed E-state index contributed by atoms with van der Waals surface area (Å²) in [5, 5.41) is 0. The summed E-state index contributed by atoms with van der Waals surface area (Å²) in [6.45, 7) is 7.95. The number of fused-ring (bicyclic) bond motifs is 3. The minimum atomic E-state index is 0.0414. The van der Waals surface area contributed by atoms with Gasteiger partial charge in [-0.05, 0) is 121 Å². The smallest absolute Gasteiger partial charge is 0.0705 e. The van der Waals surface area contributed by atoms with E-state index in [9.17, 15) is 0 Å². The van der Waals surface area contributed by atoms with Gasteiger partial charge in [0.1, 0.15) is 0 Å². The van der Waals surface area contributed by atoms with E-state index in [1.807, 2.05) is 22.7 Å². The van der Waals surface area contributed by atoms with E-state index in [4.69, 9.17) is 9.47 Å². The van der Waals surface area contributed by atoms with E-state index in [1.54, 1.807) is 11.1 Å². The molecule has 6 rings (SSSR count). The van der Waals surface area contributed by atoms with Crippen molar-refractivity contribution in [2.24, 2.45) is 5.41 Å². The average Bonchev–Trinajstić information content (AvgIpc) is 3.75. The summed E-state index contributed by atoms with van der Waals surface area (Å²) in [5.41, 5.74) is 8.98. The largest absolute Gasteiger partial charge is 0.381 e. The molecule has 46 heavy (non-hydrogen) atoms. The summed E-state index contributed by atoms with van der Waals surface area (Å²) >= 11 is 11.1. The quantitative estimate of drug-likeness (QED) is 0.0936. The first kappa shape index (κ1) is 34.6. The molecular formula is C40H48Br2O2S2. The Morgan fingerprint density at radius 1 is 0.674 bits per heavy atom. The summed E-state index contributed by atoms with van der Waals surface area (Å²) in [6.07, 6.45) is 15.2. The van der Waals surface area contributed by atoms with Gasteiger partial charge in [0.05, 0.1) is 27.4 Å². The molecule has 6 heteroatoms. The molecule has 4 aromatic rings. The maximum atomic E-state index is 6.06. The standard InChI is InChI=1S/C40H48Br2O2S2/c1-3-4-5-6-7-10-21-40(22-11-8-9-12-23-43-26-39(2)27-44-28-39)33-24-29(35-17-19-37(41)45-35)13-15-31(33)32-16-14-30(25-34(32)40)36-18-20-38(42)46-36/h13-20,24-25H,3-12,21-23,26-28H2,1-2H3. The number of halogens is 2. The molecule has 0 atom stereocenters. The maximum absolute atomic E-state index is 6.06. The van der Waals surface area contributed by atoms with E-state index in [1.165, 1.54) is 110 Å². The van der Waals surface area contributed by atoms with Crippen molar-refractivity contribution in [3.63, 3.8) is 0 Å². The van der Waals surface area contributed by atoms with Crippen molar-refractivity contribution in [2.75, 3.05) is 26.4 Å². The molecule has 3 heterocycles. The third-order valence-corrected chi connectivity index (χ3v) is 13.4. The summed E-state index contributed by atoms with van der Waals surface area (Å²) in [7, 11) is 0. The van der Waals surface area contributed by atoms with Crippen LogP contribution in [0, 0.1) is 5.41 Å². The maximum Gasteiger partial charge on any atom is 0.0705 e. The number of rotatable bonds is 18. The molecule has 2 nitrogen and oxygen atoms in total. The first-order valence-electron chi connectivity index (χ1n) is 17.4. The highest BCUT2D eigenvalue weighted by Crippen LogP contribution is 2.56. The van der Waals surface area contributed by atoms with Gasteiger partial charge in [0.15, 0.2) is 0 Å². The topological polar surface area (TPSA) is 18.5 Å². The second-order valence-electron chi connectivity index (χ2n) is 13.8. The van der Waals surface area contributed by atoms with Crippen LogP contribution in [-0.4, -0.2) is 26.4 Å². The number of thiophene rings is 2. The van der Waals surface area contributed by atoms with Crippen LogP contribution < -0.4 is 0 Å². The first-order chi connectivity index (χ1) is 22.4. The van der Waals surface area contributed by atoms with Gasteiger partial charge in [-0.25, -0.2) is 0 Å². The Morgan fingerprint density at radius 3 is 1.67 bits per heavy atom. The molecule has 1 fully saturated rings. The molecule has 246 valence electrons. The third kappa shape index (κ3) is 7.95. The minimum absolute atomic E-state index is 0.0414. The molecule has 2 aliphatic rings. The van der Waals surface area contributed by atoms with Crippen LogP contribution in [0.2, 0.25) is 0 Å². The van der Waals surface area contributed by atoms with E-state index < -0.39 is 0 Å². The Kier molecular flexibility index (Phi) is 12.0. The van der Waals surface area contributed by atoms with Crippen molar-refractivity contribution in [1.82, 2.24) is 0 Å². The zero-order valence-corrected chi connectivity index (χ0v) is 32.3. The molecule has 0 radical (unpaired) electrons. The molecule has 0 saturated carbocycles. The van der Waals surface area contributed by atoms with Gasteiger partial charge in [0.25, 0.3) is 0 Å². The van der Waals surface area contributed by atoms with E-state index in [0.29, 0.717) is 0 Å². The SMILES string of the molecule is CCCCCCCCC1(CCCCCCOCC2(C)COC2)c2cc(-c3ccc(Br)s3)ccc2-c2ccc(-c3ccc(Br)s3)cc21. The van der Waals surface area contributed by atoms with Crippen LogP contribution in [-0.2, 0) is 14.9 Å². The predicted octanol–water partition coefficient (Wildman–Crippen LogP) is 13.7. The lowest BCUT2D eigenvalue weighted by Gasteiger charge is -2.37. The predicted molar refractivity (Wildman–Crippen MR) is 206 cm³/mol. The summed E-state index contributed by atoms with van der Waals surface area (Å²) in [5.74, 6) is 0. The lowest BCUT2D eigenvalue weighted by atomic mass is 9.70. The zero-order chi connectivity index (χ0) is 32.0. The number of unbranched alkanes of at least 4 members (excludes halogenated alkanes) is 8. The Morgan fingerprint density at radius 2 is 1.20 bits per heavy atom. The number of ether oxygens (including phenoxy) is 2. The fraction of sp³-hybridized carbons (Fsp3) is 0.500. The Balaban J connectivity index is 1.27. The van der Waals surface area contributed by atoms with E-state index >= 15 is 0 Å². The molecule has 0 unspecified atom stereocenters. The number of hydrogen-bond donors (Lipinski definition) is 0. The first-order valence-corrected chi connectivity index (χ1v) is 20.6. The number of hydrogen-bond acceptors (Lipinski definition) is 4. The van der Waals surface area contributed by atoms with Crippen LogP contribution in [0.1, 0.15) is 102 Å². The normalized spacial score (nSPS) is 15.9. The molecule has 1 saturated heterocycles. The Hall–Kier alpha value is -1.28. The summed E-state index contributed by atoms with van der Waals surface area (Å²) in [6, 6.07) is 23.6. The van der Waals surface area contributed by atoms with Gasteiger partial charge in [-0.15, -0.1) is 22.7 Å². The van der Waals surface area contributed by atoms with Crippen LogP contribution >= 0.6 is 54.5 Å². The molecule has 0 bridgehead atoms. The molecule has 2 aromatic heterocycles. The van der Waals surface area contributed by atoms with Crippen LogP contribution in [0.25, 0.3) is 32.0 Å². The molecule has 1 aliphatic carbocycles. The van der Waals surface area contributed by atoms with Gasteiger partial charge in [-0.1, -0.05) is 95.9 Å². The highest BCUT2D eigenvalue weighted by molar-refractivity contribution is 9.11. The van der Waals surface area contributed by atoms with Crippen molar-refractivity contribution in [3.8, 4) is 32.0 Å². The highest BCUT2D eigenvalue weighted by Gasteiger charge is 2.42. The molecule has 0 spiro atoms. The van der Waals surface area contributed by atoms with Crippen molar-refractivity contribution >= 4 is 54.5 Å². The minimum Gasteiger partial charge on any atom is -0.381 e. The van der Waals surface area contributed by atoms with Gasteiger partial charge in [-0.2, -0.15) is 0 Å². The molecule has 0 N–H and O–H groups in total. The van der Waals surface area contributed by atoms with E-state index in [2.05, 4.69) is 106 Å². The fourth-order valence-corrected chi connectivity index (χ4v) is 10.2. The second kappa shape index (κ2) is 16.0. The number of benzene rings is 2. The molecule has 2 aromatic carbocycles. The van der Waals surface area contributed by atoms with Gasteiger partial charge in [0, 0.05) is 27.2 Å². The van der Waals surface area contributed by atoms with Crippen LogP contribution in [0.5, 0.6) is 0 Å². The molecule has 1 aliphatic heterocycles. The second-order valence-corrected chi connectivity index (χ2v) is 18.8. The lowest BCUT2D eigenvalue weighted by molar-refractivity contribution is -0.137.